The van der Waals surface area contributed by atoms with Gasteiger partial charge in [0.25, 0.3) is 0 Å². The van der Waals surface area contributed by atoms with Crippen molar-refractivity contribution < 1.29 is 34.2 Å². The third-order valence-corrected chi connectivity index (χ3v) is 7.91. The Hall–Kier alpha value is -0.920. The van der Waals surface area contributed by atoms with Crippen LogP contribution in [0.4, 0.5) is 0 Å². The predicted octanol–water partition coefficient (Wildman–Crippen LogP) is -0.356. The van der Waals surface area contributed by atoms with Crippen molar-refractivity contribution in [3.05, 3.63) is 60.2 Å². The zero-order valence-electron chi connectivity index (χ0n) is 11.5. The summed E-state index contributed by atoms with van der Waals surface area (Å²) in [7, 11) is -4.41. The van der Waals surface area contributed by atoms with Crippen molar-refractivity contribution in [1.29, 1.82) is 0 Å². The quantitative estimate of drug-likeness (QED) is 0.521. The normalized spacial score (nSPS) is 11.6. The van der Waals surface area contributed by atoms with Gasteiger partial charge in [-0.25, -0.2) is 8.42 Å². The van der Waals surface area contributed by atoms with Gasteiger partial charge in [-0.2, -0.15) is 0 Å². The average Bonchev–Trinajstić information content (AvgIpc) is 2.33. The average molecular weight is 402 g/mol. The molecule has 0 bridgehead atoms. The molecule has 2 aromatic carbocycles. The van der Waals surface area contributed by atoms with Gasteiger partial charge in [0.15, 0.2) is 3.57 Å². The Morgan fingerprint density at radius 3 is 2.10 bits per heavy atom. The number of benzene rings is 2. The van der Waals surface area contributed by atoms with E-state index >= 15 is 0 Å². The summed E-state index contributed by atoms with van der Waals surface area (Å²) < 4.78 is 35.8. The number of halogens is 1. The fraction of sp³-hybridized carbons (Fsp3) is 0.200. The van der Waals surface area contributed by atoms with Crippen molar-refractivity contribution in [3.8, 4) is 0 Å². The van der Waals surface area contributed by atoms with Crippen molar-refractivity contribution in [2.75, 3.05) is 0 Å². The van der Waals surface area contributed by atoms with E-state index in [1.54, 1.807) is 18.2 Å². The second-order valence-electron chi connectivity index (χ2n) is 4.69. The molecule has 20 heavy (non-hydrogen) atoms. The first-order valence-electron chi connectivity index (χ1n) is 6.06. The molecule has 2 aromatic rings. The molecule has 2 rings (SSSR count). The van der Waals surface area contributed by atoms with Gasteiger partial charge in [0.05, 0.1) is 0 Å². The lowest BCUT2D eigenvalue weighted by Crippen LogP contribution is -3.62. The SMILES string of the molecule is Cc1cc(C)c([I+]c2ccccc2S(=O)(=O)[O-])c(C)c1. The van der Waals surface area contributed by atoms with Crippen molar-refractivity contribution in [1.82, 2.24) is 0 Å². The molecule has 0 N–H and O–H groups in total. The van der Waals surface area contributed by atoms with Crippen LogP contribution >= 0.6 is 0 Å². The molecule has 106 valence electrons. The van der Waals surface area contributed by atoms with Gasteiger partial charge in [-0.1, -0.05) is 29.8 Å². The summed E-state index contributed by atoms with van der Waals surface area (Å²) in [6.45, 7) is 6.10. The van der Waals surface area contributed by atoms with E-state index < -0.39 is 31.3 Å². The first-order chi connectivity index (χ1) is 9.29. The zero-order chi connectivity index (χ0) is 14.9. The van der Waals surface area contributed by atoms with Gasteiger partial charge >= 0.3 is 21.2 Å². The van der Waals surface area contributed by atoms with E-state index in [1.165, 1.54) is 15.2 Å². The highest BCUT2D eigenvalue weighted by molar-refractivity contribution is 7.85. The van der Waals surface area contributed by atoms with Crippen LogP contribution in [0.1, 0.15) is 16.7 Å². The Morgan fingerprint density at radius 1 is 1.00 bits per heavy atom. The molecule has 0 fully saturated rings. The number of rotatable bonds is 3. The molecular formula is C15H15IO3S. The molecule has 0 aromatic heterocycles. The lowest BCUT2D eigenvalue weighted by Gasteiger charge is -2.07. The van der Waals surface area contributed by atoms with Crippen LogP contribution in [-0.2, 0) is 10.1 Å². The first kappa shape index (κ1) is 15.5. The largest absolute Gasteiger partial charge is 0.744 e. The van der Waals surface area contributed by atoms with Crippen LogP contribution < -0.4 is 21.2 Å². The maximum atomic E-state index is 11.3. The molecule has 0 saturated carbocycles. The summed E-state index contributed by atoms with van der Waals surface area (Å²) in [5.74, 6) is 0. The van der Waals surface area contributed by atoms with Gasteiger partial charge in [-0.3, -0.25) is 0 Å². The highest BCUT2D eigenvalue weighted by Gasteiger charge is 2.26. The summed E-state index contributed by atoms with van der Waals surface area (Å²) in [5.41, 5.74) is 3.51. The fourth-order valence-electron chi connectivity index (χ4n) is 2.14. The van der Waals surface area contributed by atoms with Crippen LogP contribution in [0.2, 0.25) is 0 Å². The van der Waals surface area contributed by atoms with Crippen LogP contribution in [0.3, 0.4) is 0 Å². The van der Waals surface area contributed by atoms with E-state index in [2.05, 4.69) is 12.1 Å². The van der Waals surface area contributed by atoms with E-state index in [1.807, 2.05) is 20.8 Å². The van der Waals surface area contributed by atoms with E-state index in [4.69, 9.17) is 0 Å². The number of aryl methyl sites for hydroxylation is 3. The van der Waals surface area contributed by atoms with E-state index in [-0.39, 0.29) is 4.90 Å². The molecule has 0 aliphatic heterocycles. The smallest absolute Gasteiger partial charge is 0.359 e. The molecule has 0 unspecified atom stereocenters. The number of hydrogen-bond donors (Lipinski definition) is 0. The van der Waals surface area contributed by atoms with Crippen LogP contribution in [0, 0.1) is 27.9 Å². The highest BCUT2D eigenvalue weighted by Crippen LogP contribution is 2.09. The van der Waals surface area contributed by atoms with Crippen molar-refractivity contribution in [3.63, 3.8) is 0 Å². The topological polar surface area (TPSA) is 57.2 Å². The molecule has 0 heterocycles. The lowest BCUT2D eigenvalue weighted by molar-refractivity contribution is -0.602. The Morgan fingerprint density at radius 2 is 1.55 bits per heavy atom. The van der Waals surface area contributed by atoms with Crippen LogP contribution in [-0.4, -0.2) is 13.0 Å². The monoisotopic (exact) mass is 402 g/mol. The first-order valence-corrected chi connectivity index (χ1v) is 9.63. The lowest BCUT2D eigenvalue weighted by atomic mass is 10.1. The Balaban J connectivity index is 2.52. The highest BCUT2D eigenvalue weighted by atomic mass is 127. The minimum Gasteiger partial charge on any atom is -0.744 e. The molecule has 5 heteroatoms. The van der Waals surface area contributed by atoms with E-state index in [9.17, 15) is 13.0 Å². The summed E-state index contributed by atoms with van der Waals surface area (Å²) in [6.07, 6.45) is 0. The van der Waals surface area contributed by atoms with Gasteiger partial charge in [-0.05, 0) is 32.9 Å². The molecule has 0 aliphatic rings. The predicted molar refractivity (Wildman–Crippen MR) is 72.5 cm³/mol. The maximum Gasteiger partial charge on any atom is 0.359 e. The van der Waals surface area contributed by atoms with Crippen molar-refractivity contribution >= 4 is 10.1 Å². The van der Waals surface area contributed by atoms with E-state index in [0.29, 0.717) is 3.57 Å². The Bertz CT molecular complexity index is 728. The molecule has 0 spiro atoms. The second-order valence-corrected chi connectivity index (χ2v) is 8.82. The van der Waals surface area contributed by atoms with Crippen LogP contribution in [0.25, 0.3) is 0 Å². The molecule has 0 amide bonds. The zero-order valence-corrected chi connectivity index (χ0v) is 14.4. The fourth-order valence-corrected chi connectivity index (χ4v) is 6.34. The van der Waals surface area contributed by atoms with Crippen molar-refractivity contribution in [2.45, 2.75) is 25.7 Å². The third-order valence-electron chi connectivity index (χ3n) is 2.88. The van der Waals surface area contributed by atoms with Gasteiger partial charge in [-0.15, -0.1) is 0 Å². The van der Waals surface area contributed by atoms with Gasteiger partial charge < -0.3 is 4.55 Å². The molecule has 0 radical (unpaired) electrons. The minimum atomic E-state index is -4.41. The van der Waals surface area contributed by atoms with Crippen molar-refractivity contribution in [2.24, 2.45) is 0 Å². The minimum absolute atomic E-state index is 0.0767. The molecule has 3 nitrogen and oxygen atoms in total. The third kappa shape index (κ3) is 3.39. The van der Waals surface area contributed by atoms with Gasteiger partial charge in [0, 0.05) is 11.1 Å². The molecule has 0 aliphatic carbocycles. The van der Waals surface area contributed by atoms with Crippen LogP contribution in [0.5, 0.6) is 0 Å². The molecule has 0 atom stereocenters. The summed E-state index contributed by atoms with van der Waals surface area (Å²) in [6, 6.07) is 10.7. The second kappa shape index (κ2) is 5.83. The molecule has 0 saturated heterocycles. The number of hydrogen-bond acceptors (Lipinski definition) is 3. The van der Waals surface area contributed by atoms with Gasteiger partial charge in [0.1, 0.15) is 15.0 Å². The maximum absolute atomic E-state index is 11.3. The van der Waals surface area contributed by atoms with E-state index in [0.717, 1.165) is 11.1 Å². The standard InChI is InChI=1S/C15H15IO3S/c1-10-8-11(2)15(12(3)9-10)16-13-6-4-5-7-14(13)20(17,18)19/h4-9H,1-3H3. The Kier molecular flexibility index (Phi) is 4.51. The summed E-state index contributed by atoms with van der Waals surface area (Å²) >= 11 is -0.694. The van der Waals surface area contributed by atoms with Gasteiger partial charge in [0.2, 0.25) is 3.57 Å². The summed E-state index contributed by atoms with van der Waals surface area (Å²) in [4.78, 5) is -0.0767. The summed E-state index contributed by atoms with van der Waals surface area (Å²) in [5, 5.41) is 0. The Labute approximate surface area is 130 Å². The molecular weight excluding hydrogens is 387 g/mol. The van der Waals surface area contributed by atoms with Crippen LogP contribution in [0.15, 0.2) is 41.3 Å².